The summed E-state index contributed by atoms with van der Waals surface area (Å²) < 4.78 is 5.13. The van der Waals surface area contributed by atoms with Crippen LogP contribution >= 0.6 is 23.4 Å². The zero-order chi connectivity index (χ0) is 23.6. The van der Waals surface area contributed by atoms with Crippen molar-refractivity contribution in [1.29, 1.82) is 5.26 Å². The maximum Gasteiger partial charge on any atom is 0.339 e. The summed E-state index contributed by atoms with van der Waals surface area (Å²) in [6.07, 6.45) is 0. The first-order chi connectivity index (χ1) is 15.9. The molecular weight excluding hydrogens is 462 g/mol. The highest BCUT2D eigenvalue weighted by Gasteiger charge is 2.16. The molecule has 3 aromatic rings. The molecule has 0 saturated carbocycles. The molecule has 0 aliphatic heterocycles. The summed E-state index contributed by atoms with van der Waals surface area (Å²) in [5, 5.41) is 14.8. The third-order valence-corrected chi connectivity index (χ3v) is 5.53. The molecule has 0 bridgehead atoms. The van der Waals surface area contributed by atoms with Gasteiger partial charge in [0, 0.05) is 21.3 Å². The molecule has 33 heavy (non-hydrogen) atoms. The zero-order valence-corrected chi connectivity index (χ0v) is 18.8. The molecule has 3 aromatic carbocycles. The van der Waals surface area contributed by atoms with Crippen molar-refractivity contribution in [3.8, 4) is 6.07 Å². The van der Waals surface area contributed by atoms with Crippen LogP contribution in [0.4, 0.5) is 11.4 Å². The van der Waals surface area contributed by atoms with Crippen molar-refractivity contribution in [2.45, 2.75) is 4.90 Å². The van der Waals surface area contributed by atoms with Crippen LogP contribution in [0.1, 0.15) is 15.9 Å². The van der Waals surface area contributed by atoms with Crippen molar-refractivity contribution in [3.63, 3.8) is 0 Å². The Kier molecular flexibility index (Phi) is 8.47. The second-order valence-electron chi connectivity index (χ2n) is 6.66. The average Bonchev–Trinajstić information content (AvgIpc) is 2.83. The Morgan fingerprint density at radius 1 is 0.909 bits per heavy atom. The summed E-state index contributed by atoms with van der Waals surface area (Å²) in [5.41, 5.74) is 1.73. The van der Waals surface area contributed by atoms with Gasteiger partial charge in [0.05, 0.1) is 22.9 Å². The summed E-state index contributed by atoms with van der Waals surface area (Å²) in [6.45, 7) is -0.462. The lowest BCUT2D eigenvalue weighted by Gasteiger charge is -2.10. The van der Waals surface area contributed by atoms with E-state index in [1.807, 2.05) is 6.07 Å². The number of anilines is 2. The van der Waals surface area contributed by atoms with Crippen molar-refractivity contribution in [3.05, 3.63) is 88.9 Å². The molecule has 0 unspecified atom stereocenters. The summed E-state index contributed by atoms with van der Waals surface area (Å²) in [4.78, 5) is 37.4. The number of carbonyl (C=O) groups excluding carboxylic acids is 3. The van der Waals surface area contributed by atoms with Crippen molar-refractivity contribution >= 4 is 52.5 Å². The number of ether oxygens (including phenoxy) is 1. The Morgan fingerprint density at radius 3 is 2.39 bits per heavy atom. The van der Waals surface area contributed by atoms with E-state index in [4.69, 9.17) is 21.6 Å². The minimum atomic E-state index is -0.675. The minimum Gasteiger partial charge on any atom is -0.452 e. The smallest absolute Gasteiger partial charge is 0.339 e. The van der Waals surface area contributed by atoms with Crippen LogP contribution in [0.25, 0.3) is 0 Å². The minimum absolute atomic E-state index is 0.0398. The first-order valence-electron chi connectivity index (χ1n) is 9.69. The summed E-state index contributed by atoms with van der Waals surface area (Å²) in [6, 6.07) is 21.8. The van der Waals surface area contributed by atoms with Gasteiger partial charge in [0.15, 0.2) is 6.61 Å². The quantitative estimate of drug-likeness (QED) is 0.357. The van der Waals surface area contributed by atoms with Crippen LogP contribution in [0.5, 0.6) is 0 Å². The summed E-state index contributed by atoms with van der Waals surface area (Å²) >= 11 is 6.97. The predicted octanol–water partition coefficient (Wildman–Crippen LogP) is 4.74. The molecule has 0 radical (unpaired) electrons. The number of hydrogen-bond acceptors (Lipinski definition) is 6. The summed E-state index contributed by atoms with van der Waals surface area (Å²) in [7, 11) is 0. The Bertz CT molecular complexity index is 1210. The molecule has 0 aliphatic carbocycles. The van der Waals surface area contributed by atoms with Crippen LogP contribution in [0.15, 0.2) is 77.7 Å². The van der Waals surface area contributed by atoms with Crippen LogP contribution < -0.4 is 10.6 Å². The Morgan fingerprint density at radius 2 is 1.64 bits per heavy atom. The molecule has 0 saturated heterocycles. The molecule has 0 heterocycles. The van der Waals surface area contributed by atoms with Gasteiger partial charge in [0.25, 0.3) is 5.91 Å². The molecule has 0 aromatic heterocycles. The third-order valence-electron chi connectivity index (χ3n) is 4.20. The van der Waals surface area contributed by atoms with Gasteiger partial charge in [-0.15, -0.1) is 11.8 Å². The van der Waals surface area contributed by atoms with E-state index in [0.29, 0.717) is 26.9 Å². The Balaban J connectivity index is 1.53. The van der Waals surface area contributed by atoms with Crippen LogP contribution in [0, 0.1) is 11.3 Å². The second kappa shape index (κ2) is 11.7. The highest BCUT2D eigenvalue weighted by molar-refractivity contribution is 8.00. The number of rotatable bonds is 8. The Hall–Kier alpha value is -3.80. The number of nitriles is 1. The first-order valence-corrected chi connectivity index (χ1v) is 11.1. The van der Waals surface area contributed by atoms with E-state index in [1.54, 1.807) is 72.8 Å². The molecular formula is C24H18ClN3O4S. The molecule has 2 N–H and O–H groups in total. The lowest BCUT2D eigenvalue weighted by Crippen LogP contribution is -2.21. The fourth-order valence-corrected chi connectivity index (χ4v) is 3.67. The normalized spacial score (nSPS) is 10.1. The number of esters is 1. The van der Waals surface area contributed by atoms with E-state index in [2.05, 4.69) is 10.6 Å². The van der Waals surface area contributed by atoms with Gasteiger partial charge in [-0.2, -0.15) is 5.26 Å². The van der Waals surface area contributed by atoms with Crippen LogP contribution in [-0.4, -0.2) is 30.1 Å². The number of carbonyl (C=O) groups is 3. The van der Waals surface area contributed by atoms with Crippen molar-refractivity contribution in [2.24, 2.45) is 0 Å². The number of thioether (sulfide) groups is 1. The molecule has 3 rings (SSSR count). The van der Waals surface area contributed by atoms with Gasteiger partial charge in [-0.25, -0.2) is 4.79 Å². The number of nitrogens with one attached hydrogen (secondary N) is 2. The van der Waals surface area contributed by atoms with Crippen LogP contribution in [-0.2, 0) is 14.3 Å². The molecule has 2 amide bonds. The molecule has 0 atom stereocenters. The first kappa shape index (κ1) is 23.9. The standard InChI is InChI=1S/C24H18ClN3O4S/c25-17-8-10-18(11-9-17)27-22(29)14-32-24(31)20-6-1-2-7-21(20)33-15-23(30)28-19-5-3-4-16(12-19)13-26/h1-12H,14-15H2,(H,27,29)(H,28,30). The van der Waals surface area contributed by atoms with E-state index >= 15 is 0 Å². The fraction of sp³-hybridized carbons (Fsp3) is 0.0833. The van der Waals surface area contributed by atoms with Gasteiger partial charge in [-0.3, -0.25) is 9.59 Å². The van der Waals surface area contributed by atoms with E-state index in [0.717, 1.165) is 11.8 Å². The number of nitrogens with zero attached hydrogens (tertiary/aromatic N) is 1. The fourth-order valence-electron chi connectivity index (χ4n) is 2.71. The van der Waals surface area contributed by atoms with E-state index in [1.165, 1.54) is 0 Å². The highest BCUT2D eigenvalue weighted by Crippen LogP contribution is 2.24. The van der Waals surface area contributed by atoms with Gasteiger partial charge in [-0.1, -0.05) is 29.8 Å². The monoisotopic (exact) mass is 479 g/mol. The molecule has 7 nitrogen and oxygen atoms in total. The summed E-state index contributed by atoms with van der Waals surface area (Å²) in [5.74, 6) is -1.42. The van der Waals surface area contributed by atoms with E-state index in [-0.39, 0.29) is 17.2 Å². The van der Waals surface area contributed by atoms with E-state index in [9.17, 15) is 14.4 Å². The van der Waals surface area contributed by atoms with Crippen molar-refractivity contribution in [1.82, 2.24) is 0 Å². The maximum absolute atomic E-state index is 12.5. The maximum atomic E-state index is 12.5. The van der Waals surface area contributed by atoms with Gasteiger partial charge >= 0.3 is 5.97 Å². The second-order valence-corrected chi connectivity index (χ2v) is 8.11. The van der Waals surface area contributed by atoms with Crippen LogP contribution in [0.3, 0.4) is 0 Å². The molecule has 0 aliphatic rings. The number of halogens is 1. The third kappa shape index (κ3) is 7.38. The van der Waals surface area contributed by atoms with E-state index < -0.39 is 18.5 Å². The van der Waals surface area contributed by atoms with Crippen molar-refractivity contribution in [2.75, 3.05) is 23.0 Å². The van der Waals surface area contributed by atoms with Gasteiger partial charge in [0.1, 0.15) is 0 Å². The highest BCUT2D eigenvalue weighted by atomic mass is 35.5. The topological polar surface area (TPSA) is 108 Å². The van der Waals surface area contributed by atoms with Crippen LogP contribution in [0.2, 0.25) is 5.02 Å². The molecule has 0 fully saturated rings. The number of benzene rings is 3. The lowest BCUT2D eigenvalue weighted by molar-refractivity contribution is -0.119. The molecule has 166 valence electrons. The number of hydrogen-bond donors (Lipinski definition) is 2. The molecule has 0 spiro atoms. The van der Waals surface area contributed by atoms with Gasteiger partial charge in [0.2, 0.25) is 5.91 Å². The molecule has 9 heteroatoms. The Labute approximate surface area is 199 Å². The number of amides is 2. The van der Waals surface area contributed by atoms with Crippen molar-refractivity contribution < 1.29 is 19.1 Å². The van der Waals surface area contributed by atoms with Gasteiger partial charge in [-0.05, 0) is 54.6 Å². The largest absolute Gasteiger partial charge is 0.452 e. The lowest BCUT2D eigenvalue weighted by atomic mass is 10.2. The zero-order valence-electron chi connectivity index (χ0n) is 17.2. The average molecular weight is 480 g/mol. The SMILES string of the molecule is N#Cc1cccc(NC(=O)CSc2ccccc2C(=O)OCC(=O)Nc2ccc(Cl)cc2)c1. The van der Waals surface area contributed by atoms with Gasteiger partial charge < -0.3 is 15.4 Å². The predicted molar refractivity (Wildman–Crippen MR) is 127 cm³/mol.